The number of ether oxygens (including phenoxy) is 2. The van der Waals surface area contributed by atoms with Gasteiger partial charge in [-0.25, -0.2) is 9.59 Å². The lowest BCUT2D eigenvalue weighted by molar-refractivity contribution is -0.114. The number of halogens is 1. The first-order chi connectivity index (χ1) is 12.8. The minimum Gasteiger partial charge on any atom is -0.465 e. The number of carbonyl (C=O) groups is 3. The van der Waals surface area contributed by atoms with Gasteiger partial charge in [0.1, 0.15) is 0 Å². The van der Waals surface area contributed by atoms with E-state index in [1.165, 1.54) is 32.4 Å². The number of nitrogens with one attached hydrogen (secondary N) is 2. The summed E-state index contributed by atoms with van der Waals surface area (Å²) < 4.78 is 9.33. The van der Waals surface area contributed by atoms with E-state index in [2.05, 4.69) is 20.1 Å². The molecule has 2 rings (SSSR count). The van der Waals surface area contributed by atoms with Crippen molar-refractivity contribution in [2.75, 3.05) is 31.4 Å². The van der Waals surface area contributed by atoms with Crippen molar-refractivity contribution in [1.29, 1.82) is 0 Å². The molecule has 0 atom stereocenters. The topological polar surface area (TPSA) is 93.7 Å². The summed E-state index contributed by atoms with van der Waals surface area (Å²) in [6.07, 6.45) is 0. The van der Waals surface area contributed by atoms with Gasteiger partial charge in [0.15, 0.2) is 0 Å². The van der Waals surface area contributed by atoms with Crippen LogP contribution in [0.25, 0.3) is 0 Å². The monoisotopic (exact) mass is 390 g/mol. The molecule has 0 aliphatic heterocycles. The minimum atomic E-state index is -0.635. The van der Waals surface area contributed by atoms with Gasteiger partial charge in [-0.15, -0.1) is 0 Å². The molecule has 0 saturated carbocycles. The molecular weight excluding hydrogens is 372 g/mol. The Bertz CT molecular complexity index is 848. The molecule has 0 unspecified atom stereocenters. The first kappa shape index (κ1) is 20.3. The third-order valence-corrected chi connectivity index (χ3v) is 3.93. The average molecular weight is 391 g/mol. The largest absolute Gasteiger partial charge is 0.465 e. The standard InChI is InChI=1S/C19H19ClN2O5/c1-11-4-5-14(20)9-16(11)21-10-17(23)22-15-7-12(18(24)26-2)6-13(8-15)19(25)27-3/h4-9,21H,10H2,1-3H3,(H,22,23). The van der Waals surface area contributed by atoms with Crippen LogP contribution < -0.4 is 10.6 Å². The van der Waals surface area contributed by atoms with Crippen LogP contribution in [0.15, 0.2) is 36.4 Å². The van der Waals surface area contributed by atoms with Crippen LogP contribution in [0.3, 0.4) is 0 Å². The van der Waals surface area contributed by atoms with Crippen LogP contribution in [0.4, 0.5) is 11.4 Å². The molecule has 0 aliphatic carbocycles. The SMILES string of the molecule is COC(=O)c1cc(NC(=O)CNc2cc(Cl)ccc2C)cc(C(=O)OC)c1. The number of benzene rings is 2. The lowest BCUT2D eigenvalue weighted by Crippen LogP contribution is -2.22. The summed E-state index contributed by atoms with van der Waals surface area (Å²) in [5, 5.41) is 6.18. The van der Waals surface area contributed by atoms with Crippen molar-refractivity contribution < 1.29 is 23.9 Å². The molecule has 2 N–H and O–H groups in total. The zero-order valence-electron chi connectivity index (χ0n) is 15.1. The Morgan fingerprint density at radius 3 is 2.11 bits per heavy atom. The molecule has 142 valence electrons. The van der Waals surface area contributed by atoms with Gasteiger partial charge < -0.3 is 20.1 Å². The van der Waals surface area contributed by atoms with Gasteiger partial charge in [0.2, 0.25) is 5.91 Å². The third kappa shape index (κ3) is 5.46. The summed E-state index contributed by atoms with van der Waals surface area (Å²) in [7, 11) is 2.45. The Morgan fingerprint density at radius 1 is 0.963 bits per heavy atom. The quantitative estimate of drug-likeness (QED) is 0.735. The van der Waals surface area contributed by atoms with E-state index in [0.717, 1.165) is 11.3 Å². The van der Waals surface area contributed by atoms with Crippen molar-refractivity contribution in [3.05, 3.63) is 58.1 Å². The highest BCUT2D eigenvalue weighted by Crippen LogP contribution is 2.20. The number of esters is 2. The summed E-state index contributed by atoms with van der Waals surface area (Å²) in [5.41, 5.74) is 2.18. The van der Waals surface area contributed by atoms with E-state index < -0.39 is 11.9 Å². The normalized spacial score (nSPS) is 10.1. The number of anilines is 2. The maximum absolute atomic E-state index is 12.2. The van der Waals surface area contributed by atoms with Crippen molar-refractivity contribution >= 4 is 40.8 Å². The lowest BCUT2D eigenvalue weighted by atomic mass is 10.1. The highest BCUT2D eigenvalue weighted by molar-refractivity contribution is 6.30. The number of aryl methyl sites for hydroxylation is 1. The van der Waals surface area contributed by atoms with Crippen LogP contribution in [0, 0.1) is 6.92 Å². The Hall–Kier alpha value is -3.06. The molecule has 0 saturated heterocycles. The second-order valence-corrected chi connectivity index (χ2v) is 6.08. The fourth-order valence-electron chi connectivity index (χ4n) is 2.34. The summed E-state index contributed by atoms with van der Waals surface area (Å²) in [6, 6.07) is 9.49. The zero-order chi connectivity index (χ0) is 20.0. The van der Waals surface area contributed by atoms with Crippen LogP contribution in [-0.2, 0) is 14.3 Å². The molecule has 8 heteroatoms. The summed E-state index contributed by atoms with van der Waals surface area (Å²) in [5.74, 6) is -1.64. The number of amides is 1. The van der Waals surface area contributed by atoms with E-state index in [9.17, 15) is 14.4 Å². The molecule has 0 fully saturated rings. The van der Waals surface area contributed by atoms with Gasteiger partial charge in [-0.2, -0.15) is 0 Å². The maximum Gasteiger partial charge on any atom is 0.337 e. The van der Waals surface area contributed by atoms with E-state index in [1.54, 1.807) is 12.1 Å². The van der Waals surface area contributed by atoms with Crippen molar-refractivity contribution in [1.82, 2.24) is 0 Å². The van der Waals surface area contributed by atoms with Gasteiger partial charge in [0, 0.05) is 16.4 Å². The Labute approximate surface area is 161 Å². The fraction of sp³-hybridized carbons (Fsp3) is 0.211. The molecule has 27 heavy (non-hydrogen) atoms. The molecule has 0 aliphatic rings. The average Bonchev–Trinajstić information content (AvgIpc) is 2.67. The maximum atomic E-state index is 12.2. The van der Waals surface area contributed by atoms with E-state index in [-0.39, 0.29) is 29.3 Å². The number of carbonyl (C=O) groups excluding carboxylic acids is 3. The molecule has 2 aromatic carbocycles. The third-order valence-electron chi connectivity index (χ3n) is 3.70. The van der Waals surface area contributed by atoms with Crippen molar-refractivity contribution in [2.45, 2.75) is 6.92 Å². The van der Waals surface area contributed by atoms with Gasteiger partial charge in [-0.05, 0) is 42.8 Å². The Morgan fingerprint density at radius 2 is 1.56 bits per heavy atom. The lowest BCUT2D eigenvalue weighted by Gasteiger charge is -2.12. The molecule has 2 aromatic rings. The second-order valence-electron chi connectivity index (χ2n) is 5.64. The minimum absolute atomic E-state index is 0.0306. The molecule has 0 bridgehead atoms. The Kier molecular flexibility index (Phi) is 6.79. The van der Waals surface area contributed by atoms with Crippen molar-refractivity contribution in [3.63, 3.8) is 0 Å². The molecule has 0 aromatic heterocycles. The van der Waals surface area contributed by atoms with E-state index in [1.807, 2.05) is 13.0 Å². The summed E-state index contributed by atoms with van der Waals surface area (Å²) in [6.45, 7) is 1.86. The van der Waals surface area contributed by atoms with Crippen molar-refractivity contribution in [2.24, 2.45) is 0 Å². The second kappa shape index (κ2) is 9.05. The van der Waals surface area contributed by atoms with Crippen LogP contribution in [0.1, 0.15) is 26.3 Å². The van der Waals surface area contributed by atoms with E-state index in [4.69, 9.17) is 11.6 Å². The number of methoxy groups -OCH3 is 2. The zero-order valence-corrected chi connectivity index (χ0v) is 15.8. The molecule has 0 radical (unpaired) electrons. The van der Waals surface area contributed by atoms with Gasteiger partial charge >= 0.3 is 11.9 Å². The van der Waals surface area contributed by atoms with E-state index >= 15 is 0 Å². The van der Waals surface area contributed by atoms with Crippen LogP contribution in [0.2, 0.25) is 5.02 Å². The number of hydrogen-bond acceptors (Lipinski definition) is 6. The smallest absolute Gasteiger partial charge is 0.337 e. The molecule has 1 amide bonds. The Balaban J connectivity index is 2.15. The summed E-state index contributed by atoms with van der Waals surface area (Å²) in [4.78, 5) is 35.8. The van der Waals surface area contributed by atoms with E-state index in [0.29, 0.717) is 5.02 Å². The number of rotatable bonds is 6. The first-order valence-corrected chi connectivity index (χ1v) is 8.33. The first-order valence-electron chi connectivity index (χ1n) is 7.95. The van der Waals surface area contributed by atoms with Crippen LogP contribution in [-0.4, -0.2) is 38.6 Å². The van der Waals surface area contributed by atoms with Crippen LogP contribution >= 0.6 is 11.6 Å². The molecular formula is C19H19ClN2O5. The molecule has 7 nitrogen and oxygen atoms in total. The summed E-state index contributed by atoms with van der Waals surface area (Å²) >= 11 is 5.96. The van der Waals surface area contributed by atoms with Gasteiger partial charge in [-0.1, -0.05) is 17.7 Å². The van der Waals surface area contributed by atoms with Crippen molar-refractivity contribution in [3.8, 4) is 0 Å². The van der Waals surface area contributed by atoms with Gasteiger partial charge in [0.25, 0.3) is 0 Å². The molecule has 0 heterocycles. The van der Waals surface area contributed by atoms with Gasteiger partial charge in [0.05, 0.1) is 31.9 Å². The predicted molar refractivity (Wildman–Crippen MR) is 102 cm³/mol. The predicted octanol–water partition coefficient (Wildman–Crippen LogP) is 3.27. The fourth-order valence-corrected chi connectivity index (χ4v) is 2.51. The van der Waals surface area contributed by atoms with Gasteiger partial charge in [-0.3, -0.25) is 4.79 Å². The molecule has 0 spiro atoms. The highest BCUT2D eigenvalue weighted by Gasteiger charge is 2.15. The van der Waals surface area contributed by atoms with Crippen LogP contribution in [0.5, 0.6) is 0 Å². The number of hydrogen-bond donors (Lipinski definition) is 2. The highest BCUT2D eigenvalue weighted by atomic mass is 35.5.